The van der Waals surface area contributed by atoms with Crippen molar-refractivity contribution in [3.05, 3.63) is 47.8 Å². The maximum absolute atomic E-state index is 11.4. The first-order valence-electron chi connectivity index (χ1n) is 10.3. The highest BCUT2D eigenvalue weighted by molar-refractivity contribution is 5.88. The Balaban J connectivity index is 2.39. The maximum Gasteiger partial charge on any atom is 0.330 e. The standard InChI is InChI=1S/C24H35N3O2/c1-7-8-9-10-11-22-25-20-16-19(13-15-23(28)29-6)12-14-21(20)27(22)18-24(2,3)17-26(4)5/h8-9,12-16H,7,10-11,17-18H2,1-6H3/b9-8-,15-13+. The first-order chi connectivity index (χ1) is 13.8. The minimum atomic E-state index is -0.357. The summed E-state index contributed by atoms with van der Waals surface area (Å²) in [7, 11) is 5.61. The SMILES string of the molecule is CC/C=C\CCc1nc2cc(/C=C/C(=O)OC)ccc2n1CC(C)(C)CN(C)C. The average Bonchev–Trinajstić information content (AvgIpc) is 2.98. The smallest absolute Gasteiger partial charge is 0.330 e. The normalized spacial score (nSPS) is 12.7. The van der Waals surface area contributed by atoms with Gasteiger partial charge in [-0.25, -0.2) is 9.78 Å². The van der Waals surface area contributed by atoms with E-state index in [9.17, 15) is 4.79 Å². The monoisotopic (exact) mass is 397 g/mol. The van der Waals surface area contributed by atoms with E-state index in [1.807, 2.05) is 12.1 Å². The fourth-order valence-electron chi connectivity index (χ4n) is 3.73. The first-order valence-corrected chi connectivity index (χ1v) is 10.3. The minimum Gasteiger partial charge on any atom is -0.466 e. The van der Waals surface area contributed by atoms with E-state index in [0.29, 0.717) is 0 Å². The Kier molecular flexibility index (Phi) is 8.21. The van der Waals surface area contributed by atoms with Gasteiger partial charge in [-0.1, -0.05) is 39.0 Å². The molecule has 5 heteroatoms. The predicted molar refractivity (Wildman–Crippen MR) is 121 cm³/mol. The molecule has 0 N–H and O–H groups in total. The van der Waals surface area contributed by atoms with Crippen molar-refractivity contribution >= 4 is 23.1 Å². The molecular formula is C24H35N3O2. The molecule has 1 aromatic heterocycles. The molecular weight excluding hydrogens is 362 g/mol. The summed E-state index contributed by atoms with van der Waals surface area (Å²) in [5.74, 6) is 0.756. The fraction of sp³-hybridized carbons (Fsp3) is 0.500. The van der Waals surface area contributed by atoms with Crippen molar-refractivity contribution in [2.45, 2.75) is 46.6 Å². The number of hydrogen-bond acceptors (Lipinski definition) is 4. The Labute approximate surface area is 175 Å². The van der Waals surface area contributed by atoms with E-state index in [0.717, 1.165) is 54.8 Å². The van der Waals surface area contributed by atoms with Gasteiger partial charge in [0.25, 0.3) is 0 Å². The van der Waals surface area contributed by atoms with Gasteiger partial charge in [-0.15, -0.1) is 0 Å². The van der Waals surface area contributed by atoms with E-state index in [1.54, 1.807) is 6.08 Å². The number of allylic oxidation sites excluding steroid dienone is 2. The zero-order valence-corrected chi connectivity index (χ0v) is 18.7. The summed E-state index contributed by atoms with van der Waals surface area (Å²) in [6.45, 7) is 8.66. The molecule has 0 saturated carbocycles. The van der Waals surface area contributed by atoms with Crippen molar-refractivity contribution < 1.29 is 9.53 Å². The lowest BCUT2D eigenvalue weighted by Gasteiger charge is -2.29. The van der Waals surface area contributed by atoms with Crippen molar-refractivity contribution in [2.75, 3.05) is 27.7 Å². The number of nitrogens with zero attached hydrogens (tertiary/aromatic N) is 3. The average molecular weight is 398 g/mol. The lowest BCUT2D eigenvalue weighted by atomic mass is 9.92. The van der Waals surface area contributed by atoms with Crippen molar-refractivity contribution in [1.29, 1.82) is 0 Å². The van der Waals surface area contributed by atoms with Crippen molar-refractivity contribution in [3.63, 3.8) is 0 Å². The van der Waals surface area contributed by atoms with Gasteiger partial charge < -0.3 is 14.2 Å². The van der Waals surface area contributed by atoms with Crippen molar-refractivity contribution in [3.8, 4) is 0 Å². The van der Waals surface area contributed by atoms with E-state index >= 15 is 0 Å². The number of imidazole rings is 1. The van der Waals surface area contributed by atoms with Gasteiger partial charge >= 0.3 is 5.97 Å². The van der Waals surface area contributed by atoms with Gasteiger partial charge in [-0.3, -0.25) is 0 Å². The van der Waals surface area contributed by atoms with Gasteiger partial charge in [0.2, 0.25) is 0 Å². The van der Waals surface area contributed by atoms with Gasteiger partial charge in [-0.2, -0.15) is 0 Å². The third-order valence-corrected chi connectivity index (χ3v) is 4.73. The van der Waals surface area contributed by atoms with E-state index in [2.05, 4.69) is 67.3 Å². The molecule has 5 nitrogen and oxygen atoms in total. The third-order valence-electron chi connectivity index (χ3n) is 4.73. The number of ether oxygens (including phenoxy) is 1. The molecule has 0 aliphatic carbocycles. The number of benzene rings is 1. The molecule has 29 heavy (non-hydrogen) atoms. The summed E-state index contributed by atoms with van der Waals surface area (Å²) in [4.78, 5) is 18.6. The molecule has 0 saturated heterocycles. The first kappa shape index (κ1) is 22.9. The topological polar surface area (TPSA) is 47.4 Å². The highest BCUT2D eigenvalue weighted by atomic mass is 16.5. The number of hydrogen-bond donors (Lipinski definition) is 0. The van der Waals surface area contributed by atoms with Crippen LogP contribution in [0.25, 0.3) is 17.1 Å². The molecule has 158 valence electrons. The number of aromatic nitrogens is 2. The van der Waals surface area contributed by atoms with Crippen molar-refractivity contribution in [1.82, 2.24) is 14.5 Å². The quantitative estimate of drug-likeness (QED) is 0.331. The lowest BCUT2D eigenvalue weighted by Crippen LogP contribution is -2.32. The zero-order valence-electron chi connectivity index (χ0n) is 18.7. The van der Waals surface area contributed by atoms with Crippen LogP contribution < -0.4 is 0 Å². The maximum atomic E-state index is 11.4. The second kappa shape index (κ2) is 10.4. The van der Waals surface area contributed by atoms with E-state index in [4.69, 9.17) is 4.98 Å². The number of fused-ring (bicyclic) bond motifs is 1. The molecule has 0 spiro atoms. The van der Waals surface area contributed by atoms with Crippen LogP contribution in [-0.2, 0) is 22.5 Å². The molecule has 0 atom stereocenters. The summed E-state index contributed by atoms with van der Waals surface area (Å²) in [6, 6.07) is 6.17. The van der Waals surface area contributed by atoms with Crippen LogP contribution >= 0.6 is 0 Å². The second-order valence-electron chi connectivity index (χ2n) is 8.54. The number of esters is 1. The summed E-state index contributed by atoms with van der Waals surface area (Å²) in [5, 5.41) is 0. The molecule has 2 aromatic rings. The summed E-state index contributed by atoms with van der Waals surface area (Å²) in [5.41, 5.74) is 3.17. The summed E-state index contributed by atoms with van der Waals surface area (Å²) < 4.78 is 7.04. The van der Waals surface area contributed by atoms with Crippen LogP contribution in [-0.4, -0.2) is 48.2 Å². The van der Waals surface area contributed by atoms with Crippen molar-refractivity contribution in [2.24, 2.45) is 5.41 Å². The third kappa shape index (κ3) is 6.86. The molecule has 0 aliphatic heterocycles. The zero-order chi connectivity index (χ0) is 21.4. The molecule has 0 radical (unpaired) electrons. The van der Waals surface area contributed by atoms with Crippen LogP contribution in [0.2, 0.25) is 0 Å². The molecule has 0 fully saturated rings. The lowest BCUT2D eigenvalue weighted by molar-refractivity contribution is -0.134. The Morgan fingerprint density at radius 3 is 2.69 bits per heavy atom. The van der Waals surface area contributed by atoms with Crippen LogP contribution in [0.5, 0.6) is 0 Å². The van der Waals surface area contributed by atoms with Gasteiger partial charge in [0, 0.05) is 25.6 Å². The van der Waals surface area contributed by atoms with Gasteiger partial charge in [0.1, 0.15) is 5.82 Å². The predicted octanol–water partition coefficient (Wildman–Crippen LogP) is 4.71. The largest absolute Gasteiger partial charge is 0.466 e. The molecule has 1 aromatic carbocycles. The van der Waals surface area contributed by atoms with E-state index in [1.165, 1.54) is 13.2 Å². The van der Waals surface area contributed by atoms with Crippen LogP contribution in [0.4, 0.5) is 0 Å². The van der Waals surface area contributed by atoms with E-state index in [-0.39, 0.29) is 11.4 Å². The number of aryl methyl sites for hydroxylation is 1. The fourth-order valence-corrected chi connectivity index (χ4v) is 3.73. The van der Waals surface area contributed by atoms with Crippen LogP contribution in [0, 0.1) is 5.41 Å². The Hall–Kier alpha value is -2.40. The Morgan fingerprint density at radius 2 is 2.03 bits per heavy atom. The van der Waals surface area contributed by atoms with Crippen LogP contribution in [0.3, 0.4) is 0 Å². The molecule has 1 heterocycles. The van der Waals surface area contributed by atoms with Gasteiger partial charge in [0.15, 0.2) is 0 Å². The summed E-state index contributed by atoms with van der Waals surface area (Å²) >= 11 is 0. The van der Waals surface area contributed by atoms with Crippen LogP contribution in [0.15, 0.2) is 36.4 Å². The van der Waals surface area contributed by atoms with Gasteiger partial charge in [0.05, 0.1) is 18.1 Å². The molecule has 0 bridgehead atoms. The van der Waals surface area contributed by atoms with E-state index < -0.39 is 0 Å². The number of methoxy groups -OCH3 is 1. The van der Waals surface area contributed by atoms with Crippen LogP contribution in [0.1, 0.15) is 45.0 Å². The second-order valence-corrected chi connectivity index (χ2v) is 8.54. The highest BCUT2D eigenvalue weighted by Crippen LogP contribution is 2.26. The summed E-state index contributed by atoms with van der Waals surface area (Å²) in [6.07, 6.45) is 10.6. The number of carbonyl (C=O) groups excluding carboxylic acids is 1. The Bertz CT molecular complexity index is 876. The minimum absolute atomic E-state index is 0.120. The highest BCUT2D eigenvalue weighted by Gasteiger charge is 2.22. The van der Waals surface area contributed by atoms with Gasteiger partial charge in [-0.05, 0) is 56.1 Å². The Morgan fingerprint density at radius 1 is 1.28 bits per heavy atom. The molecule has 0 aliphatic rings. The molecule has 0 unspecified atom stereocenters. The number of carbonyl (C=O) groups is 1. The number of rotatable bonds is 10. The molecule has 2 rings (SSSR count). The molecule has 0 amide bonds.